The Morgan fingerprint density at radius 3 is 2.89 bits per heavy atom. The second kappa shape index (κ2) is 6.20. The van der Waals surface area contributed by atoms with Gasteiger partial charge in [-0.15, -0.1) is 11.8 Å². The molecule has 0 amide bonds. The molecule has 0 saturated carbocycles. The molecule has 1 heterocycles. The molecule has 0 unspecified atom stereocenters. The largest absolute Gasteiger partial charge is 0.298 e. The summed E-state index contributed by atoms with van der Waals surface area (Å²) in [5.74, 6) is 0.695. The van der Waals surface area contributed by atoms with Crippen LogP contribution in [0.2, 0.25) is 0 Å². The Kier molecular flexibility index (Phi) is 4.60. The van der Waals surface area contributed by atoms with E-state index in [0.29, 0.717) is 12.2 Å². The molecule has 2 rings (SSSR count). The molecule has 0 atom stereocenters. The summed E-state index contributed by atoms with van der Waals surface area (Å²) in [5, 5.41) is 4.05. The summed E-state index contributed by atoms with van der Waals surface area (Å²) in [7, 11) is 1.85. The fourth-order valence-corrected chi connectivity index (χ4v) is 2.99. The van der Waals surface area contributed by atoms with Crippen LogP contribution in [0.4, 0.5) is 0 Å². The van der Waals surface area contributed by atoms with Gasteiger partial charge in [0.1, 0.15) is 5.78 Å². The van der Waals surface area contributed by atoms with Crippen LogP contribution >= 0.6 is 27.7 Å². The summed E-state index contributed by atoms with van der Waals surface area (Å²) in [5.41, 5.74) is 0.968. The van der Waals surface area contributed by atoms with E-state index in [2.05, 4.69) is 21.0 Å². The van der Waals surface area contributed by atoms with Gasteiger partial charge >= 0.3 is 0 Å². The molecule has 0 N–H and O–H groups in total. The minimum Gasteiger partial charge on any atom is -0.298 e. The molecule has 94 valence electrons. The highest BCUT2D eigenvalue weighted by atomic mass is 79.9. The number of halogens is 1. The lowest BCUT2D eigenvalue weighted by molar-refractivity contribution is -0.116. The molecular formula is C13H13BrN2OS. The maximum absolute atomic E-state index is 11.8. The zero-order valence-corrected chi connectivity index (χ0v) is 12.4. The minimum absolute atomic E-state index is 0.212. The number of ketones is 1. The lowest BCUT2D eigenvalue weighted by Crippen LogP contribution is -2.05. The van der Waals surface area contributed by atoms with E-state index < -0.39 is 0 Å². The molecule has 1 aromatic heterocycles. The van der Waals surface area contributed by atoms with Crippen molar-refractivity contribution < 1.29 is 4.79 Å². The molecule has 18 heavy (non-hydrogen) atoms. The quantitative estimate of drug-likeness (QED) is 0.793. The standard InChI is InChI=1S/C13H13BrN2OS/c1-16-8-10(7-15-16)6-11(17)9-18-13-5-3-2-4-12(13)14/h2-5,7-8H,6,9H2,1H3. The fourth-order valence-electron chi connectivity index (χ4n) is 1.56. The van der Waals surface area contributed by atoms with Crippen LogP contribution in [0.25, 0.3) is 0 Å². The minimum atomic E-state index is 0.212. The Balaban J connectivity index is 1.87. The first-order chi connectivity index (χ1) is 8.65. The molecule has 1 aromatic carbocycles. The van der Waals surface area contributed by atoms with Gasteiger partial charge in [-0.25, -0.2) is 0 Å². The third-order valence-electron chi connectivity index (χ3n) is 2.38. The highest BCUT2D eigenvalue weighted by Gasteiger charge is 2.07. The van der Waals surface area contributed by atoms with Crippen LogP contribution in [0.15, 0.2) is 46.0 Å². The molecule has 2 aromatic rings. The molecule has 0 aliphatic heterocycles. The van der Waals surface area contributed by atoms with Gasteiger partial charge in [0.15, 0.2) is 0 Å². The number of nitrogens with zero attached hydrogens (tertiary/aromatic N) is 2. The second-order valence-corrected chi connectivity index (χ2v) is 5.83. The van der Waals surface area contributed by atoms with Crippen molar-refractivity contribution in [1.29, 1.82) is 0 Å². The molecule has 0 fully saturated rings. The smallest absolute Gasteiger partial charge is 0.147 e. The summed E-state index contributed by atoms with van der Waals surface area (Å²) in [6, 6.07) is 7.92. The fraction of sp³-hybridized carbons (Fsp3) is 0.231. The molecular weight excluding hydrogens is 312 g/mol. The van der Waals surface area contributed by atoms with Crippen molar-refractivity contribution in [3.05, 3.63) is 46.7 Å². The van der Waals surface area contributed by atoms with Crippen molar-refractivity contribution in [2.24, 2.45) is 7.05 Å². The summed E-state index contributed by atoms with van der Waals surface area (Å²) < 4.78 is 2.74. The van der Waals surface area contributed by atoms with E-state index in [0.717, 1.165) is 14.9 Å². The zero-order chi connectivity index (χ0) is 13.0. The van der Waals surface area contributed by atoms with E-state index in [1.54, 1.807) is 22.6 Å². The van der Waals surface area contributed by atoms with E-state index in [9.17, 15) is 4.79 Å². The third kappa shape index (κ3) is 3.71. The average molecular weight is 325 g/mol. The summed E-state index contributed by atoms with van der Waals surface area (Å²) >= 11 is 5.03. The first-order valence-corrected chi connectivity index (χ1v) is 7.29. The SMILES string of the molecule is Cn1cc(CC(=O)CSc2ccccc2Br)cn1. The monoisotopic (exact) mass is 324 g/mol. The number of aromatic nitrogens is 2. The van der Waals surface area contributed by atoms with Crippen LogP contribution in [-0.4, -0.2) is 21.3 Å². The van der Waals surface area contributed by atoms with Crippen LogP contribution in [0.1, 0.15) is 5.56 Å². The van der Waals surface area contributed by atoms with Gasteiger partial charge in [-0.05, 0) is 33.6 Å². The lowest BCUT2D eigenvalue weighted by Gasteiger charge is -2.02. The Morgan fingerprint density at radius 2 is 2.22 bits per heavy atom. The first kappa shape index (κ1) is 13.4. The normalized spacial score (nSPS) is 10.6. The van der Waals surface area contributed by atoms with E-state index >= 15 is 0 Å². The predicted octanol–water partition coefficient (Wildman–Crippen LogP) is 3.09. The Morgan fingerprint density at radius 1 is 1.44 bits per heavy atom. The van der Waals surface area contributed by atoms with E-state index in [1.165, 1.54) is 0 Å². The predicted molar refractivity (Wildman–Crippen MR) is 76.8 cm³/mol. The van der Waals surface area contributed by atoms with Crippen LogP contribution < -0.4 is 0 Å². The summed E-state index contributed by atoms with van der Waals surface area (Å²) in [6.45, 7) is 0. The number of aryl methyl sites for hydroxylation is 1. The molecule has 0 radical (unpaired) electrons. The van der Waals surface area contributed by atoms with Gasteiger partial charge < -0.3 is 0 Å². The van der Waals surface area contributed by atoms with Crippen molar-refractivity contribution in [3.63, 3.8) is 0 Å². The van der Waals surface area contributed by atoms with E-state index in [4.69, 9.17) is 0 Å². The molecule has 0 spiro atoms. The molecule has 0 bridgehead atoms. The van der Waals surface area contributed by atoms with Crippen molar-refractivity contribution >= 4 is 33.5 Å². The van der Waals surface area contributed by atoms with Gasteiger partial charge in [0.25, 0.3) is 0 Å². The van der Waals surface area contributed by atoms with Gasteiger partial charge in [0.05, 0.1) is 11.9 Å². The summed E-state index contributed by atoms with van der Waals surface area (Å²) in [4.78, 5) is 12.9. The molecule has 0 aliphatic rings. The molecule has 0 saturated heterocycles. The van der Waals surface area contributed by atoms with Crippen molar-refractivity contribution in [1.82, 2.24) is 9.78 Å². The Labute approximate surface area is 119 Å². The number of Topliss-reactive ketones (excluding diaryl/α,β-unsaturated/α-hetero) is 1. The maximum atomic E-state index is 11.8. The van der Waals surface area contributed by atoms with Crippen LogP contribution in [0.5, 0.6) is 0 Å². The number of hydrogen-bond donors (Lipinski definition) is 0. The highest BCUT2D eigenvalue weighted by molar-refractivity contribution is 9.10. The number of carbonyl (C=O) groups excluding carboxylic acids is 1. The number of hydrogen-bond acceptors (Lipinski definition) is 3. The Hall–Kier alpha value is -1.07. The van der Waals surface area contributed by atoms with Crippen molar-refractivity contribution in [2.45, 2.75) is 11.3 Å². The van der Waals surface area contributed by atoms with Gasteiger partial charge in [0.2, 0.25) is 0 Å². The van der Waals surface area contributed by atoms with Gasteiger partial charge in [-0.2, -0.15) is 5.10 Å². The Bertz CT molecular complexity index is 553. The number of thioether (sulfide) groups is 1. The lowest BCUT2D eigenvalue weighted by atomic mass is 10.2. The van der Waals surface area contributed by atoms with Crippen LogP contribution in [0, 0.1) is 0 Å². The van der Waals surface area contributed by atoms with Crippen molar-refractivity contribution in [2.75, 3.05) is 5.75 Å². The molecule has 5 heteroatoms. The van der Waals surface area contributed by atoms with E-state index in [1.807, 2.05) is 37.5 Å². The number of rotatable bonds is 5. The van der Waals surface area contributed by atoms with Gasteiger partial charge in [-0.3, -0.25) is 9.48 Å². The van der Waals surface area contributed by atoms with Crippen molar-refractivity contribution in [3.8, 4) is 0 Å². The van der Waals surface area contributed by atoms with E-state index in [-0.39, 0.29) is 5.78 Å². The third-order valence-corrected chi connectivity index (χ3v) is 4.47. The zero-order valence-electron chi connectivity index (χ0n) is 9.97. The van der Waals surface area contributed by atoms with Gasteiger partial charge in [0, 0.05) is 29.0 Å². The van der Waals surface area contributed by atoms with Crippen LogP contribution in [-0.2, 0) is 18.3 Å². The molecule has 3 nitrogen and oxygen atoms in total. The topological polar surface area (TPSA) is 34.9 Å². The van der Waals surface area contributed by atoms with Crippen LogP contribution in [0.3, 0.4) is 0 Å². The first-order valence-electron chi connectivity index (χ1n) is 5.51. The molecule has 0 aliphatic carbocycles. The summed E-state index contributed by atoms with van der Waals surface area (Å²) in [6.07, 6.45) is 4.06. The number of benzene rings is 1. The second-order valence-electron chi connectivity index (χ2n) is 3.96. The highest BCUT2D eigenvalue weighted by Crippen LogP contribution is 2.27. The van der Waals surface area contributed by atoms with Gasteiger partial charge in [-0.1, -0.05) is 12.1 Å². The number of carbonyl (C=O) groups is 1. The maximum Gasteiger partial charge on any atom is 0.147 e. The average Bonchev–Trinajstić information content (AvgIpc) is 2.74.